The third-order valence-corrected chi connectivity index (χ3v) is 6.71. The molecule has 2 aromatic carbocycles. The average Bonchev–Trinajstić information content (AvgIpc) is 3.33. The molecule has 0 radical (unpaired) electrons. The Morgan fingerprint density at radius 2 is 1.84 bits per heavy atom. The molecule has 4 rings (SSSR count). The number of thiophene rings is 1. The molecule has 0 saturated carbocycles. The monoisotopic (exact) mass is 448 g/mol. The summed E-state index contributed by atoms with van der Waals surface area (Å²) in [6.07, 6.45) is 0. The van der Waals surface area contributed by atoms with Gasteiger partial charge in [0.05, 0.1) is 19.1 Å². The van der Waals surface area contributed by atoms with Crippen LogP contribution in [0.3, 0.4) is 0 Å². The van der Waals surface area contributed by atoms with Crippen molar-refractivity contribution in [3.63, 3.8) is 0 Å². The minimum absolute atomic E-state index is 0.0125. The molecule has 0 fully saturated rings. The Kier molecular flexibility index (Phi) is 6.61. The second-order valence-electron chi connectivity index (χ2n) is 8.41. The Morgan fingerprint density at radius 3 is 2.56 bits per heavy atom. The maximum atomic E-state index is 13.7. The summed E-state index contributed by atoms with van der Waals surface area (Å²) in [6, 6.07) is 18.8. The minimum atomic E-state index is -0.490. The number of amides is 2. The summed E-state index contributed by atoms with van der Waals surface area (Å²) in [6.45, 7) is 5.13. The van der Waals surface area contributed by atoms with Gasteiger partial charge in [-0.3, -0.25) is 9.59 Å². The number of methoxy groups -OCH3 is 1. The number of nitrogens with zero attached hydrogens (tertiary/aromatic N) is 1. The van der Waals surface area contributed by atoms with Crippen LogP contribution in [0.1, 0.15) is 52.2 Å². The lowest BCUT2D eigenvalue weighted by Crippen LogP contribution is -2.48. The molecule has 0 bridgehead atoms. The van der Waals surface area contributed by atoms with E-state index in [0.717, 1.165) is 21.8 Å². The fraction of sp³-hybridized carbons (Fsp3) is 0.308. The first kappa shape index (κ1) is 22.1. The van der Waals surface area contributed by atoms with Gasteiger partial charge in [-0.2, -0.15) is 0 Å². The normalized spacial score (nSPS) is 17.9. The molecule has 2 heterocycles. The number of carbonyl (C=O) groups excluding carboxylic acids is 2. The molecule has 1 aliphatic rings. The molecule has 166 valence electrons. The van der Waals surface area contributed by atoms with Crippen LogP contribution < -0.4 is 10.1 Å². The second kappa shape index (κ2) is 9.57. The second-order valence-corrected chi connectivity index (χ2v) is 9.39. The predicted octanol–water partition coefficient (Wildman–Crippen LogP) is 5.01. The molecule has 2 atom stereocenters. The van der Waals surface area contributed by atoms with Crippen LogP contribution in [-0.4, -0.2) is 30.4 Å². The van der Waals surface area contributed by atoms with Crippen LogP contribution in [0.2, 0.25) is 0 Å². The fourth-order valence-corrected chi connectivity index (χ4v) is 5.26. The highest BCUT2D eigenvalue weighted by Crippen LogP contribution is 2.44. The zero-order valence-electron chi connectivity index (χ0n) is 18.6. The van der Waals surface area contributed by atoms with Gasteiger partial charge in [0, 0.05) is 29.1 Å². The van der Waals surface area contributed by atoms with Gasteiger partial charge in [-0.25, -0.2) is 0 Å². The number of para-hydroxylation sites is 1. The molecular formula is C26H28N2O3S. The summed E-state index contributed by atoms with van der Waals surface area (Å²) < 4.78 is 5.43. The molecule has 2 amide bonds. The Bertz CT molecular complexity index is 1090. The molecule has 1 N–H and O–H groups in total. The molecular weight excluding hydrogens is 420 g/mol. The molecule has 32 heavy (non-hydrogen) atoms. The molecule has 1 aromatic heterocycles. The number of nitrogens with one attached hydrogen (secondary N) is 1. The molecule has 3 aromatic rings. The van der Waals surface area contributed by atoms with Crippen LogP contribution >= 0.6 is 11.3 Å². The van der Waals surface area contributed by atoms with Gasteiger partial charge in [-0.15, -0.1) is 11.3 Å². The van der Waals surface area contributed by atoms with E-state index in [1.807, 2.05) is 70.9 Å². The molecule has 0 spiro atoms. The van der Waals surface area contributed by atoms with E-state index in [0.29, 0.717) is 18.7 Å². The SMILES string of the molecule is COc1ccccc1CNC(=O)[C@H]1c2ccccc2C(=O)N(CC(C)C)[C@@H]1c1cccs1. The van der Waals surface area contributed by atoms with Crippen molar-refractivity contribution in [2.24, 2.45) is 5.92 Å². The number of ether oxygens (including phenoxy) is 1. The van der Waals surface area contributed by atoms with Gasteiger partial charge in [0.15, 0.2) is 0 Å². The van der Waals surface area contributed by atoms with Gasteiger partial charge < -0.3 is 15.0 Å². The van der Waals surface area contributed by atoms with Crippen molar-refractivity contribution < 1.29 is 14.3 Å². The predicted molar refractivity (Wildman–Crippen MR) is 127 cm³/mol. The third kappa shape index (κ3) is 4.28. The highest BCUT2D eigenvalue weighted by atomic mass is 32.1. The number of carbonyl (C=O) groups is 2. The van der Waals surface area contributed by atoms with Crippen LogP contribution in [0.4, 0.5) is 0 Å². The lowest BCUT2D eigenvalue weighted by atomic mass is 9.81. The summed E-state index contributed by atoms with van der Waals surface area (Å²) in [5.74, 6) is 0.424. The first-order chi connectivity index (χ1) is 15.5. The lowest BCUT2D eigenvalue weighted by Gasteiger charge is -2.42. The first-order valence-electron chi connectivity index (χ1n) is 10.8. The highest BCUT2D eigenvalue weighted by molar-refractivity contribution is 7.10. The number of hydrogen-bond acceptors (Lipinski definition) is 4. The molecule has 0 unspecified atom stereocenters. The van der Waals surface area contributed by atoms with Gasteiger partial charge in [-0.1, -0.05) is 56.3 Å². The van der Waals surface area contributed by atoms with Crippen molar-refractivity contribution in [2.75, 3.05) is 13.7 Å². The van der Waals surface area contributed by atoms with E-state index in [1.165, 1.54) is 0 Å². The molecule has 0 saturated heterocycles. The largest absolute Gasteiger partial charge is 0.496 e. The Morgan fingerprint density at radius 1 is 1.09 bits per heavy atom. The van der Waals surface area contributed by atoms with E-state index in [4.69, 9.17) is 4.74 Å². The highest BCUT2D eigenvalue weighted by Gasteiger charge is 2.44. The Hall–Kier alpha value is -3.12. The maximum absolute atomic E-state index is 13.7. The lowest BCUT2D eigenvalue weighted by molar-refractivity contribution is -0.124. The smallest absolute Gasteiger partial charge is 0.254 e. The molecule has 1 aliphatic heterocycles. The molecule has 6 heteroatoms. The van der Waals surface area contributed by atoms with E-state index < -0.39 is 5.92 Å². The van der Waals surface area contributed by atoms with Crippen LogP contribution in [0.25, 0.3) is 0 Å². The van der Waals surface area contributed by atoms with Crippen molar-refractivity contribution in [3.05, 3.63) is 87.6 Å². The summed E-state index contributed by atoms with van der Waals surface area (Å²) in [4.78, 5) is 30.1. The summed E-state index contributed by atoms with van der Waals surface area (Å²) in [7, 11) is 1.63. The van der Waals surface area contributed by atoms with Crippen LogP contribution in [0.15, 0.2) is 66.0 Å². The Balaban J connectivity index is 1.73. The van der Waals surface area contributed by atoms with Crippen molar-refractivity contribution >= 4 is 23.2 Å². The van der Waals surface area contributed by atoms with E-state index in [9.17, 15) is 9.59 Å². The number of fused-ring (bicyclic) bond motifs is 1. The van der Waals surface area contributed by atoms with Crippen LogP contribution in [-0.2, 0) is 11.3 Å². The Labute approximate surface area is 193 Å². The molecule has 0 aliphatic carbocycles. The fourth-order valence-electron chi connectivity index (χ4n) is 4.39. The van der Waals surface area contributed by atoms with E-state index >= 15 is 0 Å². The number of hydrogen-bond donors (Lipinski definition) is 1. The topological polar surface area (TPSA) is 58.6 Å². The van der Waals surface area contributed by atoms with Crippen molar-refractivity contribution in [1.82, 2.24) is 10.2 Å². The van der Waals surface area contributed by atoms with E-state index in [-0.39, 0.29) is 23.8 Å². The number of benzene rings is 2. The third-order valence-electron chi connectivity index (χ3n) is 5.76. The summed E-state index contributed by atoms with van der Waals surface area (Å²) in [5, 5.41) is 5.11. The van der Waals surface area contributed by atoms with Gasteiger partial charge in [-0.05, 0) is 35.1 Å². The van der Waals surface area contributed by atoms with Gasteiger partial charge >= 0.3 is 0 Å². The van der Waals surface area contributed by atoms with Crippen molar-refractivity contribution in [1.29, 1.82) is 0 Å². The van der Waals surface area contributed by atoms with Gasteiger partial charge in [0.1, 0.15) is 5.75 Å². The standard InChI is InChI=1S/C26H28N2O3S/c1-17(2)16-28-24(22-13-8-14-32-22)23(19-10-5-6-11-20(19)26(28)30)25(29)27-15-18-9-4-7-12-21(18)31-3/h4-14,17,23-24H,15-16H2,1-3H3,(H,27,29)/t23-,24+/m0/s1. The maximum Gasteiger partial charge on any atom is 0.254 e. The van der Waals surface area contributed by atoms with Crippen molar-refractivity contribution in [3.8, 4) is 5.75 Å². The van der Waals surface area contributed by atoms with E-state index in [2.05, 4.69) is 19.2 Å². The average molecular weight is 449 g/mol. The number of rotatable bonds is 7. The van der Waals surface area contributed by atoms with Gasteiger partial charge in [0.2, 0.25) is 5.91 Å². The summed E-state index contributed by atoms with van der Waals surface area (Å²) >= 11 is 1.58. The van der Waals surface area contributed by atoms with Crippen molar-refractivity contribution in [2.45, 2.75) is 32.4 Å². The van der Waals surface area contributed by atoms with Crippen LogP contribution in [0.5, 0.6) is 5.75 Å². The van der Waals surface area contributed by atoms with Gasteiger partial charge in [0.25, 0.3) is 5.91 Å². The van der Waals surface area contributed by atoms with Crippen LogP contribution in [0, 0.1) is 5.92 Å². The zero-order valence-corrected chi connectivity index (χ0v) is 19.4. The van der Waals surface area contributed by atoms with E-state index in [1.54, 1.807) is 18.4 Å². The first-order valence-corrected chi connectivity index (χ1v) is 11.7. The quantitative estimate of drug-likeness (QED) is 0.553. The summed E-state index contributed by atoms with van der Waals surface area (Å²) in [5.41, 5.74) is 2.31. The molecule has 5 nitrogen and oxygen atoms in total. The minimum Gasteiger partial charge on any atom is -0.496 e. The zero-order chi connectivity index (χ0) is 22.7.